The van der Waals surface area contributed by atoms with Crippen LogP contribution in [0.4, 0.5) is 0 Å². The van der Waals surface area contributed by atoms with Crippen LogP contribution < -0.4 is 10.1 Å². The van der Waals surface area contributed by atoms with Crippen LogP contribution in [0.25, 0.3) is 10.9 Å². The maximum Gasteiger partial charge on any atom is 0.129 e. The number of hydrogen-bond donors (Lipinski definition) is 1. The van der Waals surface area contributed by atoms with Gasteiger partial charge in [-0.3, -0.25) is 4.98 Å². The Morgan fingerprint density at radius 1 is 1.25 bits per heavy atom. The van der Waals surface area contributed by atoms with E-state index in [0.29, 0.717) is 12.1 Å². The van der Waals surface area contributed by atoms with Gasteiger partial charge in [0.25, 0.3) is 0 Å². The fraction of sp³-hybridized carbons (Fsp3) is 0.471. The zero-order chi connectivity index (χ0) is 13.8. The van der Waals surface area contributed by atoms with Crippen molar-refractivity contribution in [1.82, 2.24) is 10.3 Å². The standard InChI is InChI=1S/C17H22N2O/c1-2-10-18-13-8-9-14(12-13)20-17-7-3-6-16-15(17)5-4-11-19-16/h3-7,11,13-14,18H,2,8-10,12H2,1H3. The molecule has 0 spiro atoms. The van der Waals surface area contributed by atoms with Gasteiger partial charge in [-0.25, -0.2) is 0 Å². The van der Waals surface area contributed by atoms with Gasteiger partial charge >= 0.3 is 0 Å². The van der Waals surface area contributed by atoms with Gasteiger partial charge in [0.15, 0.2) is 0 Å². The number of hydrogen-bond acceptors (Lipinski definition) is 3. The van der Waals surface area contributed by atoms with Crippen LogP contribution in [0.5, 0.6) is 5.75 Å². The van der Waals surface area contributed by atoms with Crippen LogP contribution in [0, 0.1) is 0 Å². The number of aromatic nitrogens is 1. The Balaban J connectivity index is 1.68. The molecular formula is C17H22N2O. The second-order valence-electron chi connectivity index (χ2n) is 5.53. The number of nitrogens with one attached hydrogen (secondary N) is 1. The molecule has 20 heavy (non-hydrogen) atoms. The Kier molecular flexibility index (Phi) is 4.16. The van der Waals surface area contributed by atoms with E-state index < -0.39 is 0 Å². The van der Waals surface area contributed by atoms with Gasteiger partial charge in [-0.2, -0.15) is 0 Å². The molecule has 3 rings (SSSR count). The van der Waals surface area contributed by atoms with E-state index in [4.69, 9.17) is 4.74 Å². The van der Waals surface area contributed by atoms with Gasteiger partial charge in [0.05, 0.1) is 5.52 Å². The molecule has 1 aliphatic rings. The summed E-state index contributed by atoms with van der Waals surface area (Å²) in [6.07, 6.45) is 6.81. The molecule has 1 N–H and O–H groups in total. The second kappa shape index (κ2) is 6.23. The van der Waals surface area contributed by atoms with Crippen molar-refractivity contribution in [2.24, 2.45) is 0 Å². The quantitative estimate of drug-likeness (QED) is 0.902. The van der Waals surface area contributed by atoms with Crippen molar-refractivity contribution < 1.29 is 4.74 Å². The van der Waals surface area contributed by atoms with Crippen molar-refractivity contribution in [3.63, 3.8) is 0 Å². The molecule has 1 heterocycles. The highest BCUT2D eigenvalue weighted by Gasteiger charge is 2.25. The van der Waals surface area contributed by atoms with E-state index in [1.807, 2.05) is 24.4 Å². The molecule has 3 nitrogen and oxygen atoms in total. The molecule has 1 fully saturated rings. The molecular weight excluding hydrogens is 248 g/mol. The molecule has 1 aliphatic carbocycles. The predicted octanol–water partition coefficient (Wildman–Crippen LogP) is 3.53. The number of pyridine rings is 1. The van der Waals surface area contributed by atoms with Gasteiger partial charge in [0.2, 0.25) is 0 Å². The first-order valence-corrected chi connectivity index (χ1v) is 7.60. The van der Waals surface area contributed by atoms with Gasteiger partial charge in [0, 0.05) is 17.6 Å². The summed E-state index contributed by atoms with van der Waals surface area (Å²) in [6.45, 7) is 3.31. The number of benzene rings is 1. The molecule has 1 saturated carbocycles. The average Bonchev–Trinajstić information content (AvgIpc) is 2.93. The number of ether oxygens (including phenoxy) is 1. The normalized spacial score (nSPS) is 22.2. The third-order valence-electron chi connectivity index (χ3n) is 3.97. The van der Waals surface area contributed by atoms with Crippen molar-refractivity contribution in [3.8, 4) is 5.75 Å². The van der Waals surface area contributed by atoms with Crippen LogP contribution in [-0.2, 0) is 0 Å². The molecule has 2 unspecified atom stereocenters. The lowest BCUT2D eigenvalue weighted by Gasteiger charge is -2.16. The number of rotatable bonds is 5. The summed E-state index contributed by atoms with van der Waals surface area (Å²) in [7, 11) is 0. The van der Waals surface area contributed by atoms with E-state index in [-0.39, 0.29) is 0 Å². The Hall–Kier alpha value is -1.61. The summed E-state index contributed by atoms with van der Waals surface area (Å²) in [5, 5.41) is 4.70. The van der Waals surface area contributed by atoms with E-state index in [0.717, 1.165) is 36.0 Å². The van der Waals surface area contributed by atoms with Gasteiger partial charge in [-0.15, -0.1) is 0 Å². The Morgan fingerprint density at radius 2 is 2.20 bits per heavy atom. The summed E-state index contributed by atoms with van der Waals surface area (Å²) in [4.78, 5) is 4.38. The first-order valence-electron chi connectivity index (χ1n) is 7.60. The first kappa shape index (κ1) is 13.4. The molecule has 0 amide bonds. The van der Waals surface area contributed by atoms with E-state index in [9.17, 15) is 0 Å². The van der Waals surface area contributed by atoms with Gasteiger partial charge < -0.3 is 10.1 Å². The van der Waals surface area contributed by atoms with Crippen LogP contribution in [0.15, 0.2) is 36.5 Å². The minimum atomic E-state index is 0.329. The van der Waals surface area contributed by atoms with Gasteiger partial charge in [-0.05, 0) is 56.5 Å². The fourth-order valence-electron chi connectivity index (χ4n) is 2.94. The lowest BCUT2D eigenvalue weighted by molar-refractivity contribution is 0.209. The molecule has 0 radical (unpaired) electrons. The summed E-state index contributed by atoms with van der Waals surface area (Å²) < 4.78 is 6.22. The molecule has 0 bridgehead atoms. The molecule has 2 atom stereocenters. The summed E-state index contributed by atoms with van der Waals surface area (Å²) in [6, 6.07) is 10.8. The fourth-order valence-corrected chi connectivity index (χ4v) is 2.94. The summed E-state index contributed by atoms with van der Waals surface area (Å²) in [5.41, 5.74) is 1.00. The largest absolute Gasteiger partial charge is 0.490 e. The second-order valence-corrected chi connectivity index (χ2v) is 5.53. The molecule has 0 aliphatic heterocycles. The number of nitrogens with zero attached hydrogens (tertiary/aromatic N) is 1. The summed E-state index contributed by atoms with van der Waals surface area (Å²) >= 11 is 0. The third-order valence-corrected chi connectivity index (χ3v) is 3.97. The Labute approximate surface area is 120 Å². The maximum absolute atomic E-state index is 6.22. The zero-order valence-corrected chi connectivity index (χ0v) is 12.0. The average molecular weight is 270 g/mol. The van der Waals surface area contributed by atoms with E-state index in [2.05, 4.69) is 29.4 Å². The lowest BCUT2D eigenvalue weighted by atomic mass is 10.2. The number of fused-ring (bicyclic) bond motifs is 1. The van der Waals surface area contributed by atoms with Gasteiger partial charge in [0.1, 0.15) is 11.9 Å². The van der Waals surface area contributed by atoms with Crippen LogP contribution in [0.3, 0.4) is 0 Å². The first-order chi connectivity index (χ1) is 9.86. The van der Waals surface area contributed by atoms with Crippen LogP contribution in [0.2, 0.25) is 0 Å². The van der Waals surface area contributed by atoms with E-state index in [1.54, 1.807) is 0 Å². The molecule has 1 aromatic carbocycles. The Bertz CT molecular complexity index is 564. The molecule has 1 aromatic heterocycles. The van der Waals surface area contributed by atoms with Gasteiger partial charge in [-0.1, -0.05) is 13.0 Å². The van der Waals surface area contributed by atoms with Crippen molar-refractivity contribution in [3.05, 3.63) is 36.5 Å². The van der Waals surface area contributed by atoms with Crippen molar-refractivity contribution >= 4 is 10.9 Å². The monoisotopic (exact) mass is 270 g/mol. The van der Waals surface area contributed by atoms with Crippen molar-refractivity contribution in [2.45, 2.75) is 44.8 Å². The smallest absolute Gasteiger partial charge is 0.129 e. The summed E-state index contributed by atoms with van der Waals surface area (Å²) in [5.74, 6) is 0.969. The molecule has 2 aromatic rings. The molecule has 3 heteroatoms. The van der Waals surface area contributed by atoms with Crippen LogP contribution >= 0.6 is 0 Å². The van der Waals surface area contributed by atoms with E-state index >= 15 is 0 Å². The molecule has 0 saturated heterocycles. The highest BCUT2D eigenvalue weighted by atomic mass is 16.5. The van der Waals surface area contributed by atoms with Crippen LogP contribution in [-0.4, -0.2) is 23.7 Å². The van der Waals surface area contributed by atoms with Crippen molar-refractivity contribution in [2.75, 3.05) is 6.54 Å². The minimum absolute atomic E-state index is 0.329. The lowest BCUT2D eigenvalue weighted by Crippen LogP contribution is -2.28. The SMILES string of the molecule is CCCNC1CCC(Oc2cccc3ncccc23)C1. The highest BCUT2D eigenvalue weighted by molar-refractivity contribution is 5.84. The van der Waals surface area contributed by atoms with Crippen LogP contribution in [0.1, 0.15) is 32.6 Å². The topological polar surface area (TPSA) is 34.1 Å². The third kappa shape index (κ3) is 2.93. The predicted molar refractivity (Wildman–Crippen MR) is 82.1 cm³/mol. The zero-order valence-electron chi connectivity index (χ0n) is 12.0. The Morgan fingerprint density at radius 3 is 3.10 bits per heavy atom. The maximum atomic E-state index is 6.22. The van der Waals surface area contributed by atoms with E-state index in [1.165, 1.54) is 12.8 Å². The van der Waals surface area contributed by atoms with Crippen molar-refractivity contribution in [1.29, 1.82) is 0 Å². The molecule has 106 valence electrons. The minimum Gasteiger partial charge on any atom is -0.490 e. The highest BCUT2D eigenvalue weighted by Crippen LogP contribution is 2.29.